The molecule has 0 fully saturated rings. The zero-order chi connectivity index (χ0) is 11.3. The number of fused-ring (bicyclic) bond motifs is 1. The molecule has 2 heteroatoms. The quantitative estimate of drug-likeness (QED) is 0.705. The Morgan fingerprint density at radius 1 is 1.33 bits per heavy atom. The molecule has 1 heterocycles. The van der Waals surface area contributed by atoms with E-state index in [4.69, 9.17) is 4.74 Å². The number of ketones is 1. The standard InChI is InChI=1S/C11H12O2.C2H6/c1-8(12)9-6-7-13-11-5-3-2-4-10(9)11;1-2/h2-5,9H,6-7H2,1H3;1-2H3. The van der Waals surface area contributed by atoms with E-state index >= 15 is 0 Å². The maximum absolute atomic E-state index is 11.3. The third-order valence-corrected chi connectivity index (χ3v) is 2.45. The van der Waals surface area contributed by atoms with E-state index in [0.29, 0.717) is 6.61 Å². The first-order valence-corrected chi connectivity index (χ1v) is 5.51. The van der Waals surface area contributed by atoms with Crippen molar-refractivity contribution in [3.63, 3.8) is 0 Å². The largest absolute Gasteiger partial charge is 0.493 e. The van der Waals surface area contributed by atoms with Crippen molar-refractivity contribution in [2.24, 2.45) is 0 Å². The molecule has 0 bridgehead atoms. The number of benzene rings is 1. The highest BCUT2D eigenvalue weighted by Crippen LogP contribution is 2.33. The Labute approximate surface area is 91.3 Å². The lowest BCUT2D eigenvalue weighted by Crippen LogP contribution is -2.19. The summed E-state index contributed by atoms with van der Waals surface area (Å²) in [6, 6.07) is 7.77. The summed E-state index contributed by atoms with van der Waals surface area (Å²) in [6.07, 6.45) is 0.812. The van der Waals surface area contributed by atoms with Gasteiger partial charge >= 0.3 is 0 Å². The molecule has 2 nitrogen and oxygen atoms in total. The van der Waals surface area contributed by atoms with Crippen LogP contribution in [0.15, 0.2) is 24.3 Å². The van der Waals surface area contributed by atoms with Crippen LogP contribution in [0.2, 0.25) is 0 Å². The summed E-state index contributed by atoms with van der Waals surface area (Å²) in [5.74, 6) is 1.15. The summed E-state index contributed by atoms with van der Waals surface area (Å²) in [5.41, 5.74) is 1.04. The monoisotopic (exact) mass is 206 g/mol. The Kier molecular flexibility index (Phi) is 4.35. The van der Waals surface area contributed by atoms with Crippen LogP contribution in [-0.4, -0.2) is 12.4 Å². The summed E-state index contributed by atoms with van der Waals surface area (Å²) < 4.78 is 5.45. The van der Waals surface area contributed by atoms with Gasteiger partial charge in [-0.05, 0) is 19.4 Å². The average Bonchev–Trinajstić information content (AvgIpc) is 2.31. The second kappa shape index (κ2) is 5.54. The van der Waals surface area contributed by atoms with Gasteiger partial charge in [-0.2, -0.15) is 0 Å². The zero-order valence-corrected chi connectivity index (χ0v) is 9.62. The zero-order valence-electron chi connectivity index (χ0n) is 9.62. The fraction of sp³-hybridized carbons (Fsp3) is 0.462. The van der Waals surface area contributed by atoms with E-state index in [2.05, 4.69) is 0 Å². The van der Waals surface area contributed by atoms with E-state index in [-0.39, 0.29) is 11.7 Å². The number of Topliss-reactive ketones (excluding diaryl/α,β-unsaturated/α-hetero) is 1. The van der Waals surface area contributed by atoms with Crippen molar-refractivity contribution in [2.75, 3.05) is 6.61 Å². The summed E-state index contributed by atoms with van der Waals surface area (Å²) in [4.78, 5) is 11.3. The number of carbonyl (C=O) groups is 1. The van der Waals surface area contributed by atoms with Gasteiger partial charge in [-0.3, -0.25) is 4.79 Å². The SMILES string of the molecule is CC.CC(=O)C1CCOc2ccccc21. The minimum absolute atomic E-state index is 0.0462. The van der Waals surface area contributed by atoms with E-state index in [9.17, 15) is 4.79 Å². The topological polar surface area (TPSA) is 26.3 Å². The number of para-hydroxylation sites is 1. The first-order chi connectivity index (χ1) is 7.29. The molecule has 1 aliphatic rings. The summed E-state index contributed by atoms with van der Waals surface area (Å²) in [6.45, 7) is 6.30. The Morgan fingerprint density at radius 2 is 2.00 bits per heavy atom. The lowest BCUT2D eigenvalue weighted by molar-refractivity contribution is -0.119. The molecule has 82 valence electrons. The molecule has 0 aromatic heterocycles. The molecule has 1 unspecified atom stereocenters. The second-order valence-electron chi connectivity index (χ2n) is 3.34. The Bertz CT molecular complexity index is 331. The fourth-order valence-corrected chi connectivity index (χ4v) is 1.76. The molecule has 2 rings (SSSR count). The van der Waals surface area contributed by atoms with Gasteiger partial charge in [0.25, 0.3) is 0 Å². The predicted molar refractivity (Wildman–Crippen MR) is 61.3 cm³/mol. The predicted octanol–water partition coefficient (Wildman–Crippen LogP) is 3.17. The van der Waals surface area contributed by atoms with Crippen LogP contribution in [0.3, 0.4) is 0 Å². The van der Waals surface area contributed by atoms with Crippen molar-refractivity contribution in [1.29, 1.82) is 0 Å². The van der Waals surface area contributed by atoms with Gasteiger partial charge in [0.15, 0.2) is 0 Å². The van der Waals surface area contributed by atoms with E-state index in [1.807, 2.05) is 38.1 Å². The molecule has 0 aliphatic carbocycles. The Balaban J connectivity index is 0.000000531. The molecular formula is C13H18O2. The van der Waals surface area contributed by atoms with Crippen molar-refractivity contribution in [3.8, 4) is 5.75 Å². The molecule has 0 radical (unpaired) electrons. The van der Waals surface area contributed by atoms with Crippen LogP contribution in [0.4, 0.5) is 0 Å². The van der Waals surface area contributed by atoms with Gasteiger partial charge in [-0.15, -0.1) is 0 Å². The molecule has 1 atom stereocenters. The number of rotatable bonds is 1. The number of ether oxygens (including phenoxy) is 1. The van der Waals surface area contributed by atoms with Gasteiger partial charge in [-0.25, -0.2) is 0 Å². The molecule has 0 spiro atoms. The van der Waals surface area contributed by atoms with Crippen LogP contribution in [0.5, 0.6) is 5.75 Å². The second-order valence-corrected chi connectivity index (χ2v) is 3.34. The van der Waals surface area contributed by atoms with Gasteiger partial charge in [0.05, 0.1) is 6.61 Å². The molecule has 1 aromatic rings. The van der Waals surface area contributed by atoms with Gasteiger partial charge in [0.2, 0.25) is 0 Å². The summed E-state index contributed by atoms with van der Waals surface area (Å²) >= 11 is 0. The smallest absolute Gasteiger partial charge is 0.137 e. The van der Waals surface area contributed by atoms with Crippen LogP contribution < -0.4 is 4.74 Å². The Morgan fingerprint density at radius 3 is 2.67 bits per heavy atom. The van der Waals surface area contributed by atoms with Crippen molar-refractivity contribution in [1.82, 2.24) is 0 Å². The van der Waals surface area contributed by atoms with E-state index in [1.54, 1.807) is 6.92 Å². The summed E-state index contributed by atoms with van der Waals surface area (Å²) in [7, 11) is 0. The molecule has 0 amide bonds. The van der Waals surface area contributed by atoms with Crippen LogP contribution in [0, 0.1) is 0 Å². The highest BCUT2D eigenvalue weighted by atomic mass is 16.5. The van der Waals surface area contributed by atoms with E-state index < -0.39 is 0 Å². The van der Waals surface area contributed by atoms with Crippen LogP contribution in [0.25, 0.3) is 0 Å². The van der Waals surface area contributed by atoms with Gasteiger partial charge < -0.3 is 4.74 Å². The molecule has 15 heavy (non-hydrogen) atoms. The highest BCUT2D eigenvalue weighted by Gasteiger charge is 2.24. The van der Waals surface area contributed by atoms with Crippen molar-refractivity contribution >= 4 is 5.78 Å². The first-order valence-electron chi connectivity index (χ1n) is 5.51. The third-order valence-electron chi connectivity index (χ3n) is 2.45. The molecule has 0 N–H and O–H groups in total. The maximum atomic E-state index is 11.3. The molecule has 0 saturated heterocycles. The fourth-order valence-electron chi connectivity index (χ4n) is 1.76. The van der Waals surface area contributed by atoms with Crippen molar-refractivity contribution < 1.29 is 9.53 Å². The molecular weight excluding hydrogens is 188 g/mol. The van der Waals surface area contributed by atoms with Crippen LogP contribution in [-0.2, 0) is 4.79 Å². The summed E-state index contributed by atoms with van der Waals surface area (Å²) in [5, 5.41) is 0. The lowest BCUT2D eigenvalue weighted by atomic mass is 9.90. The lowest BCUT2D eigenvalue weighted by Gasteiger charge is -2.23. The minimum Gasteiger partial charge on any atom is -0.493 e. The maximum Gasteiger partial charge on any atom is 0.137 e. The normalized spacial score (nSPS) is 17.9. The average molecular weight is 206 g/mol. The van der Waals surface area contributed by atoms with Crippen LogP contribution in [0.1, 0.15) is 38.7 Å². The molecule has 1 aromatic carbocycles. The molecule has 1 aliphatic heterocycles. The van der Waals surface area contributed by atoms with Gasteiger partial charge in [0, 0.05) is 11.5 Å². The number of hydrogen-bond donors (Lipinski definition) is 0. The van der Waals surface area contributed by atoms with Crippen molar-refractivity contribution in [3.05, 3.63) is 29.8 Å². The number of carbonyl (C=O) groups excluding carboxylic acids is 1. The molecule has 0 saturated carbocycles. The van der Waals surface area contributed by atoms with Gasteiger partial charge in [-0.1, -0.05) is 32.0 Å². The minimum atomic E-state index is 0.0462. The van der Waals surface area contributed by atoms with Crippen LogP contribution >= 0.6 is 0 Å². The van der Waals surface area contributed by atoms with Crippen molar-refractivity contribution in [2.45, 2.75) is 33.1 Å². The Hall–Kier alpha value is -1.31. The number of hydrogen-bond acceptors (Lipinski definition) is 2. The van der Waals surface area contributed by atoms with E-state index in [0.717, 1.165) is 17.7 Å². The highest BCUT2D eigenvalue weighted by molar-refractivity contribution is 5.84. The van der Waals surface area contributed by atoms with E-state index in [1.165, 1.54) is 0 Å². The third kappa shape index (κ3) is 2.58. The van der Waals surface area contributed by atoms with Gasteiger partial charge in [0.1, 0.15) is 11.5 Å². The first kappa shape index (κ1) is 11.8.